The molecule has 1 aliphatic heterocycles. The quantitative estimate of drug-likeness (QED) is 0.557. The van der Waals surface area contributed by atoms with Gasteiger partial charge in [0, 0.05) is 18.3 Å². The third-order valence-corrected chi connectivity index (χ3v) is 6.36. The highest BCUT2D eigenvalue weighted by atomic mass is 32.2. The van der Waals surface area contributed by atoms with Crippen LogP contribution in [0.1, 0.15) is 26.9 Å². The molecular weight excluding hydrogens is 426 g/mol. The standard InChI is InChI=1S/C24H23N3O4S/c1-30-19-11-10-16(13-20(19)31-2)14-27-23(29)17-7-3-4-8-18(17)24(27)32-15-22(28)26-21-9-5-6-12-25-21/h3-13,24H,14-15H2,1-2H3,(H,25,26,28). The molecule has 1 N–H and O–H groups in total. The van der Waals surface area contributed by atoms with Crippen molar-refractivity contribution < 1.29 is 19.1 Å². The van der Waals surface area contributed by atoms with Crippen molar-refractivity contribution in [3.05, 3.63) is 83.6 Å². The van der Waals surface area contributed by atoms with Gasteiger partial charge in [-0.15, -0.1) is 11.8 Å². The first-order chi connectivity index (χ1) is 15.6. The molecule has 1 aliphatic rings. The number of methoxy groups -OCH3 is 2. The number of thioether (sulfide) groups is 1. The zero-order valence-electron chi connectivity index (χ0n) is 17.8. The molecule has 1 aromatic heterocycles. The lowest BCUT2D eigenvalue weighted by atomic mass is 10.1. The Morgan fingerprint density at radius 2 is 1.84 bits per heavy atom. The molecule has 0 saturated carbocycles. The number of rotatable bonds is 8. The van der Waals surface area contributed by atoms with E-state index in [1.165, 1.54) is 11.8 Å². The van der Waals surface area contributed by atoms with E-state index in [1.807, 2.05) is 48.5 Å². The normalized spacial score (nSPS) is 14.8. The number of carbonyl (C=O) groups excluding carboxylic acids is 2. The van der Waals surface area contributed by atoms with Crippen molar-refractivity contribution >= 4 is 29.4 Å². The summed E-state index contributed by atoms with van der Waals surface area (Å²) in [5.74, 6) is 1.70. The fourth-order valence-corrected chi connectivity index (χ4v) is 4.73. The SMILES string of the molecule is COc1ccc(CN2C(=O)c3ccccc3C2SCC(=O)Nc2ccccn2)cc1OC. The van der Waals surface area contributed by atoms with Crippen LogP contribution in [-0.2, 0) is 11.3 Å². The van der Waals surface area contributed by atoms with Gasteiger partial charge in [-0.25, -0.2) is 4.98 Å². The second-order valence-electron chi connectivity index (χ2n) is 7.14. The maximum Gasteiger partial charge on any atom is 0.255 e. The zero-order chi connectivity index (χ0) is 22.5. The van der Waals surface area contributed by atoms with E-state index < -0.39 is 0 Å². The molecule has 0 fully saturated rings. The first kappa shape index (κ1) is 21.7. The van der Waals surface area contributed by atoms with Crippen LogP contribution >= 0.6 is 11.8 Å². The Bertz CT molecular complexity index is 1120. The van der Waals surface area contributed by atoms with Gasteiger partial charge in [0.25, 0.3) is 5.91 Å². The van der Waals surface area contributed by atoms with E-state index in [1.54, 1.807) is 37.4 Å². The summed E-state index contributed by atoms with van der Waals surface area (Å²) in [6.07, 6.45) is 1.62. The third kappa shape index (κ3) is 4.55. The number of pyridine rings is 1. The molecule has 2 aromatic carbocycles. The van der Waals surface area contributed by atoms with Crippen LogP contribution in [0, 0.1) is 0 Å². The fraction of sp³-hybridized carbons (Fsp3) is 0.208. The highest BCUT2D eigenvalue weighted by Gasteiger charge is 2.37. The lowest BCUT2D eigenvalue weighted by Crippen LogP contribution is -2.27. The van der Waals surface area contributed by atoms with Gasteiger partial charge in [0.05, 0.1) is 20.0 Å². The average molecular weight is 450 g/mol. The second kappa shape index (κ2) is 9.74. The summed E-state index contributed by atoms with van der Waals surface area (Å²) in [5, 5.41) is 2.51. The lowest BCUT2D eigenvalue weighted by molar-refractivity contribution is -0.113. The minimum Gasteiger partial charge on any atom is -0.493 e. The summed E-state index contributed by atoms with van der Waals surface area (Å²) in [7, 11) is 3.16. The van der Waals surface area contributed by atoms with Gasteiger partial charge < -0.3 is 19.7 Å². The van der Waals surface area contributed by atoms with Gasteiger partial charge in [-0.3, -0.25) is 9.59 Å². The van der Waals surface area contributed by atoms with E-state index in [4.69, 9.17) is 9.47 Å². The first-order valence-corrected chi connectivity index (χ1v) is 11.1. The van der Waals surface area contributed by atoms with Gasteiger partial charge in [0.15, 0.2) is 11.5 Å². The molecule has 3 aromatic rings. The molecular formula is C24H23N3O4S. The summed E-state index contributed by atoms with van der Waals surface area (Å²) in [6.45, 7) is 0.382. The molecule has 2 amide bonds. The Hall–Kier alpha value is -3.52. The van der Waals surface area contributed by atoms with Crippen LogP contribution in [0.2, 0.25) is 0 Å². The van der Waals surface area contributed by atoms with Crippen molar-refractivity contribution in [1.29, 1.82) is 0 Å². The van der Waals surface area contributed by atoms with E-state index >= 15 is 0 Å². The number of ether oxygens (including phenoxy) is 2. The zero-order valence-corrected chi connectivity index (χ0v) is 18.6. The molecule has 1 unspecified atom stereocenters. The van der Waals surface area contributed by atoms with Crippen LogP contribution in [0.25, 0.3) is 0 Å². The Labute approximate surface area is 190 Å². The number of benzene rings is 2. The fourth-order valence-electron chi connectivity index (χ4n) is 3.62. The molecule has 0 aliphatic carbocycles. The molecule has 0 saturated heterocycles. The van der Waals surface area contributed by atoms with E-state index in [2.05, 4.69) is 10.3 Å². The van der Waals surface area contributed by atoms with Crippen molar-refractivity contribution in [3.8, 4) is 11.5 Å². The summed E-state index contributed by atoms with van der Waals surface area (Å²) in [4.78, 5) is 31.5. The van der Waals surface area contributed by atoms with E-state index in [0.29, 0.717) is 29.4 Å². The number of anilines is 1. The Morgan fingerprint density at radius 1 is 1.06 bits per heavy atom. The van der Waals surface area contributed by atoms with Gasteiger partial charge in [0.2, 0.25) is 5.91 Å². The van der Waals surface area contributed by atoms with Crippen molar-refractivity contribution in [2.24, 2.45) is 0 Å². The van der Waals surface area contributed by atoms with Crippen LogP contribution in [-0.4, -0.2) is 41.7 Å². The number of nitrogens with zero attached hydrogens (tertiary/aromatic N) is 2. The number of aromatic nitrogens is 1. The summed E-state index contributed by atoms with van der Waals surface area (Å²) >= 11 is 1.41. The third-order valence-electron chi connectivity index (χ3n) is 5.11. The number of nitrogens with one attached hydrogen (secondary N) is 1. The lowest BCUT2D eigenvalue weighted by Gasteiger charge is -2.25. The molecule has 2 heterocycles. The predicted molar refractivity (Wildman–Crippen MR) is 124 cm³/mol. The van der Waals surface area contributed by atoms with Crippen LogP contribution in [0.5, 0.6) is 11.5 Å². The van der Waals surface area contributed by atoms with Gasteiger partial charge in [-0.05, 0) is 41.5 Å². The first-order valence-electron chi connectivity index (χ1n) is 10.0. The highest BCUT2D eigenvalue weighted by molar-refractivity contribution is 8.00. The molecule has 8 heteroatoms. The summed E-state index contributed by atoms with van der Waals surface area (Å²) in [6, 6.07) is 18.5. The van der Waals surface area contributed by atoms with Crippen molar-refractivity contribution in [3.63, 3.8) is 0 Å². The Balaban J connectivity index is 1.53. The van der Waals surface area contributed by atoms with Crippen molar-refractivity contribution in [2.45, 2.75) is 11.9 Å². The maximum atomic E-state index is 13.2. The van der Waals surface area contributed by atoms with E-state index in [0.717, 1.165) is 11.1 Å². The van der Waals surface area contributed by atoms with Crippen LogP contribution < -0.4 is 14.8 Å². The molecule has 164 valence electrons. The van der Waals surface area contributed by atoms with E-state index in [9.17, 15) is 9.59 Å². The number of hydrogen-bond acceptors (Lipinski definition) is 6. The summed E-state index contributed by atoms with van der Waals surface area (Å²) in [5.41, 5.74) is 2.48. The molecule has 0 spiro atoms. The molecule has 0 radical (unpaired) electrons. The van der Waals surface area contributed by atoms with Crippen LogP contribution in [0.3, 0.4) is 0 Å². The van der Waals surface area contributed by atoms with Gasteiger partial charge in [-0.1, -0.05) is 30.3 Å². The van der Waals surface area contributed by atoms with Gasteiger partial charge in [0.1, 0.15) is 11.2 Å². The van der Waals surface area contributed by atoms with Crippen molar-refractivity contribution in [2.75, 3.05) is 25.3 Å². The molecule has 1 atom stereocenters. The molecule has 0 bridgehead atoms. The smallest absolute Gasteiger partial charge is 0.255 e. The molecule has 4 rings (SSSR count). The Morgan fingerprint density at radius 3 is 2.59 bits per heavy atom. The topological polar surface area (TPSA) is 80.8 Å². The molecule has 32 heavy (non-hydrogen) atoms. The second-order valence-corrected chi connectivity index (χ2v) is 8.20. The van der Waals surface area contributed by atoms with Crippen molar-refractivity contribution in [1.82, 2.24) is 9.88 Å². The number of fused-ring (bicyclic) bond motifs is 1. The predicted octanol–water partition coefficient (Wildman–Crippen LogP) is 4.13. The largest absolute Gasteiger partial charge is 0.493 e. The highest BCUT2D eigenvalue weighted by Crippen LogP contribution is 2.42. The van der Waals surface area contributed by atoms with E-state index in [-0.39, 0.29) is 22.9 Å². The van der Waals surface area contributed by atoms with Gasteiger partial charge >= 0.3 is 0 Å². The monoisotopic (exact) mass is 449 g/mol. The Kier molecular flexibility index (Phi) is 6.61. The van der Waals surface area contributed by atoms with Crippen LogP contribution in [0.4, 0.5) is 5.82 Å². The van der Waals surface area contributed by atoms with Crippen LogP contribution in [0.15, 0.2) is 66.9 Å². The average Bonchev–Trinajstić information content (AvgIpc) is 3.09. The maximum absolute atomic E-state index is 13.2. The number of amides is 2. The molecule has 7 nitrogen and oxygen atoms in total. The van der Waals surface area contributed by atoms with Gasteiger partial charge in [-0.2, -0.15) is 0 Å². The minimum absolute atomic E-state index is 0.0574. The minimum atomic E-state index is -0.277. The number of carbonyl (C=O) groups is 2. The summed E-state index contributed by atoms with van der Waals surface area (Å²) < 4.78 is 10.7. The number of hydrogen-bond donors (Lipinski definition) is 1.